The van der Waals surface area contributed by atoms with Crippen LogP contribution in [-0.2, 0) is 28.6 Å². The van der Waals surface area contributed by atoms with E-state index in [-0.39, 0.29) is 37.4 Å². The minimum Gasteiger partial charge on any atom is -0.466 e. The second kappa shape index (κ2) is 7.81. The maximum atomic E-state index is 12.5. The molecule has 0 aromatic rings. The maximum absolute atomic E-state index is 12.5. The summed E-state index contributed by atoms with van der Waals surface area (Å²) in [5.74, 6) is -1.35. The van der Waals surface area contributed by atoms with Crippen molar-refractivity contribution in [2.75, 3.05) is 19.8 Å². The van der Waals surface area contributed by atoms with Crippen LogP contribution in [0.5, 0.6) is 0 Å². The molecule has 0 amide bonds. The summed E-state index contributed by atoms with van der Waals surface area (Å²) in [4.78, 5) is 36.9. The molecule has 1 saturated carbocycles. The first-order valence-corrected chi connectivity index (χ1v) is 8.70. The predicted molar refractivity (Wildman–Crippen MR) is 85.9 cm³/mol. The first-order chi connectivity index (χ1) is 11.5. The number of esters is 3. The summed E-state index contributed by atoms with van der Waals surface area (Å²) >= 11 is 0. The number of carbonyl (C=O) groups excluding carboxylic acids is 3. The van der Waals surface area contributed by atoms with Gasteiger partial charge in [0, 0.05) is 0 Å². The molecule has 0 saturated heterocycles. The molecule has 0 spiro atoms. The van der Waals surface area contributed by atoms with E-state index in [4.69, 9.17) is 14.2 Å². The summed E-state index contributed by atoms with van der Waals surface area (Å²) in [6.45, 7) is 6.00. The van der Waals surface area contributed by atoms with Crippen molar-refractivity contribution < 1.29 is 28.6 Å². The first-order valence-electron chi connectivity index (χ1n) is 8.70. The van der Waals surface area contributed by atoms with E-state index in [1.807, 2.05) is 6.08 Å². The maximum Gasteiger partial charge on any atom is 0.323 e. The van der Waals surface area contributed by atoms with Crippen molar-refractivity contribution in [2.24, 2.45) is 17.3 Å². The van der Waals surface area contributed by atoms with Gasteiger partial charge in [0.1, 0.15) is 0 Å². The molecular formula is C18H26O6. The third kappa shape index (κ3) is 3.62. The standard InChI is InChI=1S/C18H26O6/c1-4-22-15(19)14-10-13(14)12-8-7-9-18(11-12,16(20)23-5-2)17(21)24-6-3/h8,13-14H,4-7,9-11H2,1-3H3/t13-,14+/m0/s1. The molecule has 2 atom stereocenters. The van der Waals surface area contributed by atoms with Crippen molar-refractivity contribution in [3.8, 4) is 0 Å². The average Bonchev–Trinajstić information content (AvgIpc) is 3.36. The summed E-state index contributed by atoms with van der Waals surface area (Å²) < 4.78 is 15.4. The minimum atomic E-state index is -1.28. The molecule has 0 bridgehead atoms. The van der Waals surface area contributed by atoms with Crippen LogP contribution in [0.15, 0.2) is 11.6 Å². The Morgan fingerprint density at radius 2 is 1.62 bits per heavy atom. The highest BCUT2D eigenvalue weighted by atomic mass is 16.6. The van der Waals surface area contributed by atoms with Crippen molar-refractivity contribution in [1.29, 1.82) is 0 Å². The van der Waals surface area contributed by atoms with E-state index >= 15 is 0 Å². The molecule has 0 aliphatic heterocycles. The molecule has 2 aliphatic carbocycles. The number of rotatable bonds is 7. The average molecular weight is 338 g/mol. The van der Waals surface area contributed by atoms with E-state index in [1.165, 1.54) is 0 Å². The molecule has 0 aromatic carbocycles. The molecule has 0 heterocycles. The van der Waals surface area contributed by atoms with E-state index in [2.05, 4.69) is 0 Å². The fourth-order valence-corrected chi connectivity index (χ4v) is 3.38. The number of hydrogen-bond acceptors (Lipinski definition) is 6. The number of ether oxygens (including phenoxy) is 3. The molecule has 2 rings (SSSR count). The normalized spacial score (nSPS) is 24.5. The third-order valence-electron chi connectivity index (χ3n) is 4.67. The lowest BCUT2D eigenvalue weighted by atomic mass is 9.72. The lowest BCUT2D eigenvalue weighted by Crippen LogP contribution is -2.44. The van der Waals surface area contributed by atoms with Crippen molar-refractivity contribution in [3.05, 3.63) is 11.6 Å². The SMILES string of the molecule is CCOC(=O)[C@@H]1C[C@H]1C1=CCCC(C(=O)OCC)(C(=O)OCC)C1. The van der Waals surface area contributed by atoms with Crippen molar-refractivity contribution in [3.63, 3.8) is 0 Å². The van der Waals surface area contributed by atoms with Crippen molar-refractivity contribution in [2.45, 2.75) is 46.5 Å². The molecule has 6 heteroatoms. The second-order valence-electron chi connectivity index (χ2n) is 6.22. The predicted octanol–water partition coefficient (Wildman–Crippen LogP) is 2.41. The van der Waals surface area contributed by atoms with E-state index in [0.29, 0.717) is 25.9 Å². The van der Waals surface area contributed by atoms with Crippen LogP contribution in [0.4, 0.5) is 0 Å². The number of carbonyl (C=O) groups is 3. The summed E-state index contributed by atoms with van der Waals surface area (Å²) in [6, 6.07) is 0. The highest BCUT2D eigenvalue weighted by Gasteiger charge is 2.54. The van der Waals surface area contributed by atoms with E-state index < -0.39 is 17.4 Å². The van der Waals surface area contributed by atoms with Crippen LogP contribution in [0.3, 0.4) is 0 Å². The smallest absolute Gasteiger partial charge is 0.323 e. The molecule has 6 nitrogen and oxygen atoms in total. The van der Waals surface area contributed by atoms with Gasteiger partial charge < -0.3 is 14.2 Å². The van der Waals surface area contributed by atoms with Gasteiger partial charge in [0.25, 0.3) is 0 Å². The van der Waals surface area contributed by atoms with E-state index in [0.717, 1.165) is 5.57 Å². The van der Waals surface area contributed by atoms with Gasteiger partial charge in [0.2, 0.25) is 0 Å². The van der Waals surface area contributed by atoms with Crippen LogP contribution in [0.2, 0.25) is 0 Å². The summed E-state index contributed by atoms with van der Waals surface area (Å²) in [5.41, 5.74) is -0.307. The van der Waals surface area contributed by atoms with Gasteiger partial charge in [-0.15, -0.1) is 0 Å². The topological polar surface area (TPSA) is 78.9 Å². The zero-order valence-corrected chi connectivity index (χ0v) is 14.6. The van der Waals surface area contributed by atoms with Gasteiger partial charge >= 0.3 is 17.9 Å². The molecular weight excluding hydrogens is 312 g/mol. The summed E-state index contributed by atoms with van der Waals surface area (Å²) in [7, 11) is 0. The zero-order chi connectivity index (χ0) is 17.7. The van der Waals surface area contributed by atoms with Crippen LogP contribution in [0.25, 0.3) is 0 Å². The quantitative estimate of drug-likeness (QED) is 0.307. The Morgan fingerprint density at radius 3 is 2.17 bits per heavy atom. The van der Waals surface area contributed by atoms with Gasteiger partial charge in [0.05, 0.1) is 25.7 Å². The number of allylic oxidation sites excluding steroid dienone is 2. The fourth-order valence-electron chi connectivity index (χ4n) is 3.38. The van der Waals surface area contributed by atoms with Gasteiger partial charge in [-0.05, 0) is 52.4 Å². The van der Waals surface area contributed by atoms with Crippen LogP contribution < -0.4 is 0 Å². The van der Waals surface area contributed by atoms with Crippen LogP contribution >= 0.6 is 0 Å². The molecule has 0 aromatic heterocycles. The van der Waals surface area contributed by atoms with Crippen LogP contribution in [0, 0.1) is 17.3 Å². The molecule has 0 N–H and O–H groups in total. The van der Waals surface area contributed by atoms with E-state index in [9.17, 15) is 14.4 Å². The molecule has 2 aliphatic rings. The third-order valence-corrected chi connectivity index (χ3v) is 4.67. The largest absolute Gasteiger partial charge is 0.466 e. The monoisotopic (exact) mass is 338 g/mol. The Hall–Kier alpha value is -1.85. The van der Waals surface area contributed by atoms with Crippen LogP contribution in [-0.4, -0.2) is 37.7 Å². The lowest BCUT2D eigenvalue weighted by Gasteiger charge is -2.32. The molecule has 0 radical (unpaired) electrons. The summed E-state index contributed by atoms with van der Waals surface area (Å²) in [6.07, 6.45) is 4.00. The first kappa shape index (κ1) is 18.5. The minimum absolute atomic E-state index is 0.0626. The molecule has 0 unspecified atom stereocenters. The Labute approximate surface area is 142 Å². The highest BCUT2D eigenvalue weighted by Crippen LogP contribution is 2.51. The summed E-state index contributed by atoms with van der Waals surface area (Å²) in [5, 5.41) is 0. The van der Waals surface area contributed by atoms with Crippen LogP contribution in [0.1, 0.15) is 46.5 Å². The fraction of sp³-hybridized carbons (Fsp3) is 0.722. The van der Waals surface area contributed by atoms with Gasteiger partial charge in [-0.2, -0.15) is 0 Å². The Kier molecular flexibility index (Phi) is 6.02. The molecule has 24 heavy (non-hydrogen) atoms. The highest BCUT2D eigenvalue weighted by molar-refractivity contribution is 6.00. The molecule has 1 fully saturated rings. The number of hydrogen-bond donors (Lipinski definition) is 0. The Balaban J connectivity index is 2.15. The van der Waals surface area contributed by atoms with E-state index in [1.54, 1.807) is 20.8 Å². The van der Waals surface area contributed by atoms with Gasteiger partial charge in [0.15, 0.2) is 5.41 Å². The molecule has 134 valence electrons. The Bertz CT molecular complexity index is 518. The zero-order valence-electron chi connectivity index (χ0n) is 14.6. The second-order valence-corrected chi connectivity index (χ2v) is 6.22. The van der Waals surface area contributed by atoms with Gasteiger partial charge in [-0.25, -0.2) is 0 Å². The van der Waals surface area contributed by atoms with Crippen molar-refractivity contribution in [1.82, 2.24) is 0 Å². The van der Waals surface area contributed by atoms with Crippen molar-refractivity contribution >= 4 is 17.9 Å². The van der Waals surface area contributed by atoms with Gasteiger partial charge in [-0.3, -0.25) is 14.4 Å². The lowest BCUT2D eigenvalue weighted by molar-refractivity contribution is -0.173. The van der Waals surface area contributed by atoms with Gasteiger partial charge in [-0.1, -0.05) is 11.6 Å². The Morgan fingerprint density at radius 1 is 1.04 bits per heavy atom.